The standard InChI is InChI=1S/C17H27NO2.ClH/c1-3-20-17-14(9-8-12-16(17)19-2)13-18-15-10-6-4-5-7-11-15;/h8-9,12,15,18H,3-7,10-11,13H2,1-2H3;1H/p-1. The number of benzene rings is 1. The van der Waals surface area contributed by atoms with Gasteiger partial charge >= 0.3 is 0 Å². The van der Waals surface area contributed by atoms with Crippen molar-refractivity contribution in [3.8, 4) is 11.5 Å². The number of ether oxygens (including phenoxy) is 2. The van der Waals surface area contributed by atoms with Gasteiger partial charge < -0.3 is 27.2 Å². The number of para-hydroxylation sites is 1. The summed E-state index contributed by atoms with van der Waals surface area (Å²) < 4.78 is 11.2. The summed E-state index contributed by atoms with van der Waals surface area (Å²) in [4.78, 5) is 0. The SMILES string of the molecule is CCOc1c(CNC2CCCCCC2)cccc1OC.[Cl-]. The minimum atomic E-state index is 0. The van der Waals surface area contributed by atoms with Crippen LogP contribution < -0.4 is 27.2 Å². The molecule has 0 radical (unpaired) electrons. The van der Waals surface area contributed by atoms with Crippen molar-refractivity contribution in [2.75, 3.05) is 13.7 Å². The van der Waals surface area contributed by atoms with Gasteiger partial charge in [0, 0.05) is 18.2 Å². The summed E-state index contributed by atoms with van der Waals surface area (Å²) >= 11 is 0. The Morgan fingerprint density at radius 2 is 1.86 bits per heavy atom. The predicted molar refractivity (Wildman–Crippen MR) is 82.5 cm³/mol. The van der Waals surface area contributed by atoms with E-state index in [-0.39, 0.29) is 12.4 Å². The van der Waals surface area contributed by atoms with E-state index >= 15 is 0 Å². The number of nitrogens with one attached hydrogen (secondary N) is 1. The second-order valence-electron chi connectivity index (χ2n) is 5.45. The van der Waals surface area contributed by atoms with Crippen LogP contribution in [-0.4, -0.2) is 19.8 Å². The lowest BCUT2D eigenvalue weighted by Gasteiger charge is -2.19. The van der Waals surface area contributed by atoms with Gasteiger partial charge in [-0.15, -0.1) is 0 Å². The summed E-state index contributed by atoms with van der Waals surface area (Å²) in [5, 5.41) is 3.69. The third-order valence-corrected chi connectivity index (χ3v) is 4.01. The predicted octanol–water partition coefficient (Wildman–Crippen LogP) is 0.910. The van der Waals surface area contributed by atoms with Crippen molar-refractivity contribution in [3.05, 3.63) is 23.8 Å². The minimum absolute atomic E-state index is 0. The van der Waals surface area contributed by atoms with E-state index < -0.39 is 0 Å². The van der Waals surface area contributed by atoms with Gasteiger partial charge in [0.15, 0.2) is 11.5 Å². The van der Waals surface area contributed by atoms with Crippen molar-refractivity contribution in [3.63, 3.8) is 0 Å². The number of methoxy groups -OCH3 is 1. The van der Waals surface area contributed by atoms with Crippen LogP contribution in [0.3, 0.4) is 0 Å². The molecule has 0 aliphatic heterocycles. The van der Waals surface area contributed by atoms with Crippen molar-refractivity contribution in [1.29, 1.82) is 0 Å². The van der Waals surface area contributed by atoms with E-state index in [9.17, 15) is 0 Å². The summed E-state index contributed by atoms with van der Waals surface area (Å²) in [6.07, 6.45) is 8.09. The van der Waals surface area contributed by atoms with Crippen molar-refractivity contribution < 1.29 is 21.9 Å². The van der Waals surface area contributed by atoms with Crippen LogP contribution in [0, 0.1) is 0 Å². The first kappa shape index (κ1) is 18.1. The zero-order chi connectivity index (χ0) is 14.2. The Bertz CT molecular complexity index is 404. The molecule has 0 saturated heterocycles. The Labute approximate surface area is 134 Å². The normalized spacial score (nSPS) is 15.9. The van der Waals surface area contributed by atoms with Crippen LogP contribution in [0.15, 0.2) is 18.2 Å². The van der Waals surface area contributed by atoms with E-state index in [0.717, 1.165) is 18.0 Å². The molecular weight excluding hydrogens is 286 g/mol. The first-order chi connectivity index (χ1) is 9.85. The van der Waals surface area contributed by atoms with Crippen LogP contribution in [0.2, 0.25) is 0 Å². The molecule has 0 heterocycles. The van der Waals surface area contributed by atoms with E-state index in [1.165, 1.54) is 44.1 Å². The maximum atomic E-state index is 5.76. The fourth-order valence-corrected chi connectivity index (χ4v) is 2.91. The maximum absolute atomic E-state index is 5.76. The first-order valence-corrected chi connectivity index (χ1v) is 7.87. The Balaban J connectivity index is 0.00000220. The highest BCUT2D eigenvalue weighted by Gasteiger charge is 2.14. The average molecular weight is 313 g/mol. The minimum Gasteiger partial charge on any atom is -1.00 e. The van der Waals surface area contributed by atoms with Gasteiger partial charge in [0.05, 0.1) is 13.7 Å². The van der Waals surface area contributed by atoms with Gasteiger partial charge in [0.1, 0.15) is 0 Å². The quantitative estimate of drug-likeness (QED) is 0.792. The third-order valence-electron chi connectivity index (χ3n) is 4.01. The van der Waals surface area contributed by atoms with Gasteiger partial charge in [-0.2, -0.15) is 0 Å². The molecule has 0 aromatic heterocycles. The van der Waals surface area contributed by atoms with E-state index in [2.05, 4.69) is 11.4 Å². The Kier molecular flexibility index (Phi) is 8.55. The molecule has 1 fully saturated rings. The van der Waals surface area contributed by atoms with Gasteiger partial charge in [0.2, 0.25) is 0 Å². The van der Waals surface area contributed by atoms with E-state index in [0.29, 0.717) is 12.6 Å². The molecule has 4 heteroatoms. The highest BCUT2D eigenvalue weighted by molar-refractivity contribution is 5.46. The van der Waals surface area contributed by atoms with Crippen LogP contribution in [0.4, 0.5) is 0 Å². The molecule has 1 aliphatic carbocycles. The Morgan fingerprint density at radius 1 is 1.14 bits per heavy atom. The molecule has 0 unspecified atom stereocenters. The van der Waals surface area contributed by atoms with Crippen LogP contribution in [0.5, 0.6) is 11.5 Å². The molecule has 0 bridgehead atoms. The van der Waals surface area contributed by atoms with Crippen molar-refractivity contribution in [2.24, 2.45) is 0 Å². The van der Waals surface area contributed by atoms with E-state index in [1.807, 2.05) is 19.1 Å². The smallest absolute Gasteiger partial charge is 0.165 e. The van der Waals surface area contributed by atoms with Crippen molar-refractivity contribution in [1.82, 2.24) is 5.32 Å². The number of hydrogen-bond donors (Lipinski definition) is 1. The van der Waals surface area contributed by atoms with Gasteiger partial charge in [-0.1, -0.05) is 37.8 Å². The largest absolute Gasteiger partial charge is 1.00 e. The summed E-state index contributed by atoms with van der Waals surface area (Å²) in [6, 6.07) is 6.76. The molecule has 0 spiro atoms. The molecule has 1 aromatic carbocycles. The highest BCUT2D eigenvalue weighted by atomic mass is 35.5. The fraction of sp³-hybridized carbons (Fsp3) is 0.647. The van der Waals surface area contributed by atoms with Crippen molar-refractivity contribution >= 4 is 0 Å². The maximum Gasteiger partial charge on any atom is 0.165 e. The van der Waals surface area contributed by atoms with Crippen LogP contribution >= 0.6 is 0 Å². The topological polar surface area (TPSA) is 30.5 Å². The highest BCUT2D eigenvalue weighted by Crippen LogP contribution is 2.31. The molecule has 0 atom stereocenters. The molecule has 0 amide bonds. The van der Waals surface area contributed by atoms with Gasteiger partial charge in [-0.05, 0) is 25.8 Å². The molecule has 120 valence electrons. The zero-order valence-corrected chi connectivity index (χ0v) is 13.9. The molecule has 3 nitrogen and oxygen atoms in total. The van der Waals surface area contributed by atoms with Crippen LogP contribution in [-0.2, 0) is 6.54 Å². The Hall–Kier alpha value is -0.930. The lowest BCUT2D eigenvalue weighted by atomic mass is 10.1. The van der Waals surface area contributed by atoms with E-state index in [1.54, 1.807) is 7.11 Å². The van der Waals surface area contributed by atoms with Crippen LogP contribution in [0.25, 0.3) is 0 Å². The number of rotatable bonds is 6. The third kappa shape index (κ3) is 5.40. The average Bonchev–Trinajstić information content (AvgIpc) is 2.75. The zero-order valence-electron chi connectivity index (χ0n) is 13.2. The monoisotopic (exact) mass is 312 g/mol. The fourth-order valence-electron chi connectivity index (χ4n) is 2.91. The molecule has 1 N–H and O–H groups in total. The summed E-state index contributed by atoms with van der Waals surface area (Å²) in [5.41, 5.74) is 1.19. The molecule has 1 saturated carbocycles. The molecule has 2 rings (SSSR count). The van der Waals surface area contributed by atoms with Gasteiger partial charge in [-0.25, -0.2) is 0 Å². The van der Waals surface area contributed by atoms with Crippen LogP contribution in [0.1, 0.15) is 51.0 Å². The van der Waals surface area contributed by atoms with Crippen molar-refractivity contribution in [2.45, 2.75) is 58.0 Å². The summed E-state index contributed by atoms with van der Waals surface area (Å²) in [5.74, 6) is 1.71. The second kappa shape index (κ2) is 9.91. The molecule has 21 heavy (non-hydrogen) atoms. The first-order valence-electron chi connectivity index (χ1n) is 7.87. The Morgan fingerprint density at radius 3 is 2.48 bits per heavy atom. The molecular formula is C17H27ClNO2-. The summed E-state index contributed by atoms with van der Waals surface area (Å²) in [7, 11) is 1.69. The summed E-state index contributed by atoms with van der Waals surface area (Å²) in [6.45, 7) is 3.53. The second-order valence-corrected chi connectivity index (χ2v) is 5.45. The molecule has 1 aromatic rings. The number of halogens is 1. The lowest BCUT2D eigenvalue weighted by molar-refractivity contribution is -0.00000500. The van der Waals surface area contributed by atoms with Gasteiger partial charge in [0.25, 0.3) is 0 Å². The lowest BCUT2D eigenvalue weighted by Crippen LogP contribution is -3.00. The number of hydrogen-bond acceptors (Lipinski definition) is 3. The van der Waals surface area contributed by atoms with E-state index in [4.69, 9.17) is 9.47 Å². The molecule has 1 aliphatic rings. The van der Waals surface area contributed by atoms with Gasteiger partial charge in [-0.3, -0.25) is 0 Å².